The predicted octanol–water partition coefficient (Wildman–Crippen LogP) is 0.407. The average molecular weight is 646 g/mol. The molecule has 1 heterocycles. The first-order valence-corrected chi connectivity index (χ1v) is 15.8. The molecule has 0 radical (unpaired) electrons. The Morgan fingerprint density at radius 1 is 1.02 bits per heavy atom. The van der Waals surface area contributed by atoms with Gasteiger partial charge >= 0.3 is 13.5 Å². The monoisotopic (exact) mass is 645 g/mol. The van der Waals surface area contributed by atoms with Gasteiger partial charge in [-0.2, -0.15) is 4.98 Å². The van der Waals surface area contributed by atoms with E-state index in [0.717, 1.165) is 29.7 Å². The van der Waals surface area contributed by atoms with E-state index in [9.17, 15) is 39.4 Å². The highest BCUT2D eigenvalue weighted by Crippen LogP contribution is 2.50. The van der Waals surface area contributed by atoms with Crippen LogP contribution in [0.4, 0.5) is 5.82 Å². The summed E-state index contributed by atoms with van der Waals surface area (Å²) >= 11 is 1.70. The van der Waals surface area contributed by atoms with Crippen LogP contribution in [0.2, 0.25) is 0 Å². The third-order valence-electron chi connectivity index (χ3n) is 5.55. The molecule has 6 N–H and O–H groups in total. The van der Waals surface area contributed by atoms with Crippen LogP contribution in [0.5, 0.6) is 0 Å². The molecule has 0 amide bonds. The Balaban J connectivity index is 2.90. The number of hydrogen-bond donors (Lipinski definition) is 5. The van der Waals surface area contributed by atoms with Crippen molar-refractivity contribution in [2.45, 2.75) is 46.1 Å². The summed E-state index contributed by atoms with van der Waals surface area (Å²) in [6.07, 6.45) is -3.81. The van der Waals surface area contributed by atoms with Gasteiger partial charge in [0.05, 0.1) is 43.9 Å². The first-order chi connectivity index (χ1) is 19.0. The van der Waals surface area contributed by atoms with E-state index in [-0.39, 0.29) is 54.0 Å². The Bertz CT molecular complexity index is 1060. The molecule has 18 heteroatoms. The molecule has 0 bridgehead atoms. The summed E-state index contributed by atoms with van der Waals surface area (Å²) in [4.78, 5) is 39.9. The van der Waals surface area contributed by atoms with Crippen molar-refractivity contribution in [1.29, 1.82) is 0 Å². The molecular weight excluding hydrogens is 605 g/mol. The van der Waals surface area contributed by atoms with E-state index in [1.54, 1.807) is 27.7 Å². The number of carbonyl (C=O) groups excluding carboxylic acids is 2. The molecule has 0 aromatic carbocycles. The van der Waals surface area contributed by atoms with E-state index in [1.807, 2.05) is 0 Å². The van der Waals surface area contributed by atoms with Gasteiger partial charge in [0.25, 0.3) is 0 Å². The zero-order chi connectivity index (χ0) is 31.4. The average Bonchev–Trinajstić information content (AvgIpc) is 2.93. The van der Waals surface area contributed by atoms with E-state index in [0.29, 0.717) is 4.57 Å². The minimum atomic E-state index is -4.38. The van der Waals surface area contributed by atoms with Crippen molar-refractivity contribution in [3.05, 3.63) is 22.7 Å². The van der Waals surface area contributed by atoms with Crippen molar-refractivity contribution >= 4 is 47.4 Å². The van der Waals surface area contributed by atoms with Crippen molar-refractivity contribution in [3.8, 4) is 0 Å². The Labute approximate surface area is 246 Å². The fourth-order valence-corrected chi connectivity index (χ4v) is 5.70. The van der Waals surface area contributed by atoms with E-state index in [4.69, 9.17) is 24.0 Å². The normalized spacial score (nSPS) is 15.0. The lowest BCUT2D eigenvalue weighted by Gasteiger charge is -2.27. The van der Waals surface area contributed by atoms with E-state index >= 15 is 0 Å². The molecule has 0 saturated heterocycles. The summed E-state index contributed by atoms with van der Waals surface area (Å²) < 4.78 is 35.3. The molecule has 0 spiro atoms. The van der Waals surface area contributed by atoms with Crippen LogP contribution < -0.4 is 11.4 Å². The van der Waals surface area contributed by atoms with Gasteiger partial charge in [0.1, 0.15) is 18.0 Å². The number of aromatic nitrogens is 2. The van der Waals surface area contributed by atoms with Gasteiger partial charge < -0.3 is 30.9 Å². The molecule has 0 fully saturated rings. The molecule has 0 saturated carbocycles. The predicted molar refractivity (Wildman–Crippen MR) is 153 cm³/mol. The van der Waals surface area contributed by atoms with Crippen molar-refractivity contribution < 1.29 is 52.9 Å². The highest BCUT2D eigenvalue weighted by atomic mass is 32.2. The number of phosphoric acid groups is 1. The van der Waals surface area contributed by atoms with Gasteiger partial charge in [-0.15, -0.1) is 0 Å². The number of nitrogens with zero attached hydrogens (tertiary/aromatic N) is 2. The maximum Gasteiger partial charge on any atom is 0.474 e. The molecule has 1 aromatic heterocycles. The number of carbonyl (C=O) groups is 2. The lowest BCUT2D eigenvalue weighted by atomic mass is 9.97. The third-order valence-corrected chi connectivity index (χ3v) is 9.38. The van der Waals surface area contributed by atoms with Crippen molar-refractivity contribution in [3.63, 3.8) is 0 Å². The highest BCUT2D eigenvalue weighted by Gasteiger charge is 2.35. The second kappa shape index (κ2) is 17.1. The molecule has 41 heavy (non-hydrogen) atoms. The molecule has 1 rings (SSSR count). The van der Waals surface area contributed by atoms with Gasteiger partial charge in [0, 0.05) is 24.8 Å². The molecule has 0 aliphatic heterocycles. The second-order valence-corrected chi connectivity index (χ2v) is 13.8. The van der Waals surface area contributed by atoms with Crippen LogP contribution >= 0.6 is 31.3 Å². The molecule has 3 atom stereocenters. The lowest BCUT2D eigenvalue weighted by Crippen LogP contribution is -2.42. The SMILES string of the molecule is CO[C@H](COP(=O)(OCCSC(=O)C(C)(C)CO)OCCSC(=O)C(C)(C)CO)C(O)C(O)n1ccc(N)nc1=O. The summed E-state index contributed by atoms with van der Waals surface area (Å²) in [6, 6.07) is 1.24. The number of nitrogen functional groups attached to an aromatic ring is 1. The Kier molecular flexibility index (Phi) is 15.7. The topological polar surface area (TPSA) is 230 Å². The molecule has 2 unspecified atom stereocenters. The number of hydrogen-bond acceptors (Lipinski definition) is 16. The number of nitrogens with two attached hydrogens (primary N) is 1. The first kappa shape index (κ1) is 37.7. The van der Waals surface area contributed by atoms with Crippen LogP contribution in [-0.2, 0) is 32.5 Å². The minimum Gasteiger partial charge on any atom is -0.395 e. The molecule has 236 valence electrons. The van der Waals surface area contributed by atoms with E-state index < -0.39 is 49.4 Å². The maximum absolute atomic E-state index is 13.4. The van der Waals surface area contributed by atoms with Gasteiger partial charge in [-0.1, -0.05) is 23.5 Å². The van der Waals surface area contributed by atoms with Gasteiger partial charge in [-0.05, 0) is 33.8 Å². The van der Waals surface area contributed by atoms with Gasteiger partial charge in [0.15, 0.2) is 16.5 Å². The molecule has 0 aliphatic carbocycles. The highest BCUT2D eigenvalue weighted by molar-refractivity contribution is 8.14. The summed E-state index contributed by atoms with van der Waals surface area (Å²) in [5.74, 6) is -0.00719. The van der Waals surface area contributed by atoms with Gasteiger partial charge in [-0.3, -0.25) is 27.7 Å². The molecule has 0 aliphatic rings. The van der Waals surface area contributed by atoms with Crippen LogP contribution in [0, 0.1) is 10.8 Å². The first-order valence-electron chi connectivity index (χ1n) is 12.4. The largest absolute Gasteiger partial charge is 0.474 e. The quantitative estimate of drug-likeness (QED) is 0.101. The number of aliphatic hydroxyl groups excluding tert-OH is 4. The molecular formula is C23H40N3O12PS2. The zero-order valence-electron chi connectivity index (χ0n) is 23.6. The van der Waals surface area contributed by atoms with E-state index in [2.05, 4.69) is 4.98 Å². The fourth-order valence-electron chi connectivity index (χ4n) is 2.65. The lowest BCUT2D eigenvalue weighted by molar-refractivity contribution is -0.120. The van der Waals surface area contributed by atoms with Crippen LogP contribution in [0.3, 0.4) is 0 Å². The van der Waals surface area contributed by atoms with Crippen molar-refractivity contribution in [2.75, 3.05) is 57.4 Å². The third kappa shape index (κ3) is 12.0. The zero-order valence-corrected chi connectivity index (χ0v) is 26.2. The van der Waals surface area contributed by atoms with Crippen LogP contribution in [0.15, 0.2) is 17.1 Å². The second-order valence-electron chi connectivity index (χ2n) is 9.99. The van der Waals surface area contributed by atoms with Gasteiger partial charge in [-0.25, -0.2) is 9.36 Å². The fraction of sp³-hybridized carbons (Fsp3) is 0.739. The number of thioether (sulfide) groups is 2. The number of rotatable bonds is 19. The standard InChI is InChI=1S/C23H40N3O12PS2/c1-22(2,13-27)19(31)40-10-8-36-39(34,37-9-11-41-20(32)23(3,4)14-28)38-12-15(35-5)17(29)18(30)26-7-6-16(24)25-21(26)33/h6-7,15,17-18,27-30H,8-14H2,1-5H3,(H2,24,25,33)/t15-,17?,18?/m1/s1. The summed E-state index contributed by atoms with van der Waals surface area (Å²) in [5, 5.41) is 39.1. The number of methoxy groups -OCH3 is 1. The summed E-state index contributed by atoms with van der Waals surface area (Å²) in [5.41, 5.74) is 2.53. The summed E-state index contributed by atoms with van der Waals surface area (Å²) in [6.45, 7) is 4.37. The minimum absolute atomic E-state index is 0.0407. The summed E-state index contributed by atoms with van der Waals surface area (Å²) in [7, 11) is -3.20. The van der Waals surface area contributed by atoms with Crippen molar-refractivity contribution in [1.82, 2.24) is 9.55 Å². The number of aliphatic hydroxyl groups is 4. The molecule has 15 nitrogen and oxygen atoms in total. The Hall–Kier alpha value is -1.37. The van der Waals surface area contributed by atoms with Crippen molar-refractivity contribution in [2.24, 2.45) is 10.8 Å². The maximum atomic E-state index is 13.4. The van der Waals surface area contributed by atoms with Crippen LogP contribution in [0.25, 0.3) is 0 Å². The van der Waals surface area contributed by atoms with Crippen LogP contribution in [0.1, 0.15) is 33.9 Å². The van der Waals surface area contributed by atoms with Gasteiger partial charge in [0.2, 0.25) is 0 Å². The number of phosphoric ester groups is 1. The smallest absolute Gasteiger partial charge is 0.395 e. The Morgan fingerprint density at radius 3 is 1.93 bits per heavy atom. The number of anilines is 1. The van der Waals surface area contributed by atoms with Crippen LogP contribution in [-0.4, -0.2) is 104 Å². The number of ether oxygens (including phenoxy) is 1. The molecule has 1 aromatic rings. The van der Waals surface area contributed by atoms with E-state index in [1.165, 1.54) is 13.2 Å². The Morgan fingerprint density at radius 2 is 1.51 bits per heavy atom.